The largest absolute Gasteiger partial charge is 0.313 e. The number of anilines is 3. The second kappa shape index (κ2) is 14.9. The van der Waals surface area contributed by atoms with Crippen LogP contribution in [0.5, 0.6) is 0 Å². The Morgan fingerprint density at radius 3 is 1.78 bits per heavy atom. The summed E-state index contributed by atoms with van der Waals surface area (Å²) in [5.74, 6) is 0. The van der Waals surface area contributed by atoms with Gasteiger partial charge in [0, 0.05) is 33.5 Å². The van der Waals surface area contributed by atoms with Crippen molar-refractivity contribution in [2.24, 2.45) is 0 Å². The molecule has 9 rings (SSSR count). The van der Waals surface area contributed by atoms with E-state index in [-0.39, 0.29) is 0 Å². The summed E-state index contributed by atoms with van der Waals surface area (Å²) in [6.07, 6.45) is 7.62. The molecule has 0 saturated heterocycles. The quantitative estimate of drug-likeness (QED) is 0.136. The van der Waals surface area contributed by atoms with Gasteiger partial charge in [0.25, 0.3) is 0 Å². The monoisotopic (exact) mass is 706 g/mol. The molecule has 0 unspecified atom stereocenters. The maximum atomic E-state index is 2.43. The van der Waals surface area contributed by atoms with Gasteiger partial charge in [0.15, 0.2) is 0 Å². The Morgan fingerprint density at radius 1 is 0.491 bits per heavy atom. The zero-order valence-electron chi connectivity index (χ0n) is 31.2. The number of aromatic nitrogens is 1. The molecule has 1 aromatic heterocycles. The Balaban J connectivity index is 1.28. The van der Waals surface area contributed by atoms with Crippen molar-refractivity contribution in [2.45, 2.75) is 20.3 Å². The van der Waals surface area contributed by atoms with Gasteiger partial charge >= 0.3 is 0 Å². The van der Waals surface area contributed by atoms with Crippen LogP contribution in [0.2, 0.25) is 0 Å². The van der Waals surface area contributed by atoms with Gasteiger partial charge < -0.3 is 9.47 Å². The predicted octanol–water partition coefficient (Wildman–Crippen LogP) is 15.2. The number of benzene rings is 8. The minimum absolute atomic E-state index is 1.01. The normalized spacial score (nSPS) is 11.9. The summed E-state index contributed by atoms with van der Waals surface area (Å²) in [6.45, 7) is 4.39. The SMILES string of the molecule is CC/C=C\C=C(/C)n1c2cccc(-c3cccc(N(c4ccccc4)c4cc(-c5ccccc5)cc(-c5ccccc5)c4)c3)c2c2c3ccccc3ccc21. The molecule has 264 valence electrons. The molecule has 0 radical (unpaired) electrons. The van der Waals surface area contributed by atoms with Gasteiger partial charge in [0.1, 0.15) is 0 Å². The lowest BCUT2D eigenvalue weighted by atomic mass is 9.95. The average molecular weight is 707 g/mol. The van der Waals surface area contributed by atoms with Crippen LogP contribution in [0.15, 0.2) is 206 Å². The third kappa shape index (κ3) is 6.43. The lowest BCUT2D eigenvalue weighted by Gasteiger charge is -2.27. The van der Waals surface area contributed by atoms with E-state index in [4.69, 9.17) is 0 Å². The molecule has 0 spiro atoms. The predicted molar refractivity (Wildman–Crippen MR) is 237 cm³/mol. The first-order valence-corrected chi connectivity index (χ1v) is 19.2. The van der Waals surface area contributed by atoms with Crippen LogP contribution in [0, 0.1) is 0 Å². The van der Waals surface area contributed by atoms with Crippen molar-refractivity contribution in [1.82, 2.24) is 4.57 Å². The third-order valence-electron chi connectivity index (χ3n) is 10.6. The van der Waals surface area contributed by atoms with Crippen LogP contribution in [0.4, 0.5) is 17.1 Å². The molecule has 0 aliphatic heterocycles. The van der Waals surface area contributed by atoms with Crippen molar-refractivity contribution in [3.63, 3.8) is 0 Å². The minimum Gasteiger partial charge on any atom is -0.313 e. The highest BCUT2D eigenvalue weighted by Gasteiger charge is 2.20. The smallest absolute Gasteiger partial charge is 0.0544 e. The van der Waals surface area contributed by atoms with Crippen molar-refractivity contribution in [3.8, 4) is 33.4 Å². The molecule has 0 fully saturated rings. The molecular formula is C53H42N2. The Bertz CT molecular complexity index is 2790. The molecular weight excluding hydrogens is 665 g/mol. The lowest BCUT2D eigenvalue weighted by molar-refractivity contribution is 1.19. The van der Waals surface area contributed by atoms with E-state index >= 15 is 0 Å². The highest BCUT2D eigenvalue weighted by Crippen LogP contribution is 2.44. The van der Waals surface area contributed by atoms with Crippen molar-refractivity contribution >= 4 is 55.3 Å². The van der Waals surface area contributed by atoms with Gasteiger partial charge in [-0.3, -0.25) is 0 Å². The van der Waals surface area contributed by atoms with Gasteiger partial charge in [0.2, 0.25) is 0 Å². The number of rotatable bonds is 9. The molecule has 9 aromatic rings. The molecule has 0 amide bonds. The number of fused-ring (bicyclic) bond motifs is 5. The highest BCUT2D eigenvalue weighted by atomic mass is 15.1. The Hall–Kier alpha value is -6.90. The maximum Gasteiger partial charge on any atom is 0.0544 e. The van der Waals surface area contributed by atoms with Crippen LogP contribution in [0.3, 0.4) is 0 Å². The first kappa shape index (κ1) is 33.9. The summed E-state index contributed by atoms with van der Waals surface area (Å²) in [5, 5.41) is 5.06. The molecule has 0 aliphatic rings. The van der Waals surface area contributed by atoms with Crippen LogP contribution in [0.1, 0.15) is 20.3 Å². The van der Waals surface area contributed by atoms with Gasteiger partial charge in [-0.15, -0.1) is 0 Å². The standard InChI is InChI=1S/C53H42N2/c1-3-4-8-19-38(2)54-50-31-18-30-49(53(50)52-48-29-16-15-24-41(48)32-33-51(52)54)42-25-17-28-46(35-42)55(45-26-13-7-14-27-45)47-36-43(39-20-9-5-10-21-39)34-44(37-47)40-22-11-6-12-23-40/h4-37H,3H2,1-2H3/b8-4-,38-19+. The zero-order valence-corrected chi connectivity index (χ0v) is 31.2. The third-order valence-corrected chi connectivity index (χ3v) is 10.6. The fraction of sp³-hybridized carbons (Fsp3) is 0.0566. The van der Waals surface area contributed by atoms with Gasteiger partial charge in [-0.1, -0.05) is 153 Å². The summed E-state index contributed by atoms with van der Waals surface area (Å²) in [6, 6.07) is 68.2. The molecule has 0 aliphatic carbocycles. The van der Waals surface area contributed by atoms with Crippen molar-refractivity contribution in [2.75, 3.05) is 4.90 Å². The van der Waals surface area contributed by atoms with Crippen molar-refractivity contribution < 1.29 is 0 Å². The Labute approximate surface area is 323 Å². The van der Waals surface area contributed by atoms with E-state index in [9.17, 15) is 0 Å². The van der Waals surface area contributed by atoms with E-state index in [1.807, 2.05) is 0 Å². The van der Waals surface area contributed by atoms with Crippen LogP contribution < -0.4 is 4.90 Å². The molecule has 0 N–H and O–H groups in total. The molecule has 2 nitrogen and oxygen atoms in total. The molecule has 0 bridgehead atoms. The van der Waals surface area contributed by atoms with E-state index < -0.39 is 0 Å². The Morgan fingerprint density at radius 2 is 1.07 bits per heavy atom. The molecule has 1 heterocycles. The van der Waals surface area contributed by atoms with E-state index in [0.717, 1.165) is 23.5 Å². The molecule has 8 aromatic carbocycles. The lowest BCUT2D eigenvalue weighted by Crippen LogP contribution is -2.10. The first-order valence-electron chi connectivity index (χ1n) is 19.2. The van der Waals surface area contributed by atoms with E-state index in [2.05, 4.69) is 230 Å². The second-order valence-electron chi connectivity index (χ2n) is 14.1. The Kier molecular flexibility index (Phi) is 9.15. The summed E-state index contributed by atoms with van der Waals surface area (Å²) >= 11 is 0. The fourth-order valence-electron chi connectivity index (χ4n) is 8.04. The summed E-state index contributed by atoms with van der Waals surface area (Å²) in [4.78, 5) is 2.40. The van der Waals surface area contributed by atoms with E-state index in [1.165, 1.54) is 71.7 Å². The topological polar surface area (TPSA) is 8.17 Å². The highest BCUT2D eigenvalue weighted by molar-refractivity contribution is 6.25. The molecule has 0 saturated carbocycles. The first-order chi connectivity index (χ1) is 27.2. The fourth-order valence-corrected chi connectivity index (χ4v) is 8.04. The number of allylic oxidation sites excluding steroid dienone is 4. The number of para-hydroxylation sites is 1. The van der Waals surface area contributed by atoms with Crippen molar-refractivity contribution in [1.29, 1.82) is 0 Å². The number of hydrogen-bond acceptors (Lipinski definition) is 1. The average Bonchev–Trinajstić information content (AvgIpc) is 3.60. The van der Waals surface area contributed by atoms with E-state index in [0.29, 0.717) is 0 Å². The van der Waals surface area contributed by atoms with Crippen LogP contribution >= 0.6 is 0 Å². The number of hydrogen-bond donors (Lipinski definition) is 0. The summed E-state index contributed by atoms with van der Waals surface area (Å²) in [7, 11) is 0. The van der Waals surface area contributed by atoms with Gasteiger partial charge in [-0.2, -0.15) is 0 Å². The van der Waals surface area contributed by atoms with Crippen LogP contribution in [-0.4, -0.2) is 4.57 Å². The van der Waals surface area contributed by atoms with Gasteiger partial charge in [0.05, 0.1) is 11.0 Å². The van der Waals surface area contributed by atoms with Gasteiger partial charge in [-0.05, 0) is 118 Å². The number of nitrogens with zero attached hydrogens (tertiary/aromatic N) is 2. The maximum absolute atomic E-state index is 2.43. The van der Waals surface area contributed by atoms with Crippen LogP contribution in [0.25, 0.3) is 71.7 Å². The van der Waals surface area contributed by atoms with E-state index in [1.54, 1.807) is 0 Å². The van der Waals surface area contributed by atoms with Gasteiger partial charge in [-0.25, -0.2) is 0 Å². The second-order valence-corrected chi connectivity index (χ2v) is 14.1. The summed E-state index contributed by atoms with van der Waals surface area (Å²) < 4.78 is 2.43. The molecule has 2 heteroatoms. The minimum atomic E-state index is 1.01. The molecule has 0 atom stereocenters. The van der Waals surface area contributed by atoms with Crippen molar-refractivity contribution in [3.05, 3.63) is 206 Å². The zero-order chi connectivity index (χ0) is 37.1. The summed E-state index contributed by atoms with van der Waals surface area (Å²) in [5.41, 5.74) is 14.0. The van der Waals surface area contributed by atoms with Crippen LogP contribution in [-0.2, 0) is 0 Å². The molecule has 55 heavy (non-hydrogen) atoms.